The highest BCUT2D eigenvalue weighted by molar-refractivity contribution is 6.06. The zero-order valence-corrected chi connectivity index (χ0v) is 13.4. The summed E-state index contributed by atoms with van der Waals surface area (Å²) >= 11 is 0. The molecule has 23 heavy (non-hydrogen) atoms. The number of aliphatic hydroxyl groups is 1. The molecule has 1 aliphatic rings. The van der Waals surface area contributed by atoms with Gasteiger partial charge in [0.2, 0.25) is 0 Å². The number of nitrogens with two attached hydrogens (primary N) is 1. The van der Waals surface area contributed by atoms with Crippen LogP contribution in [0.5, 0.6) is 0 Å². The fourth-order valence-corrected chi connectivity index (χ4v) is 3.83. The highest BCUT2D eigenvalue weighted by atomic mass is 16.3. The van der Waals surface area contributed by atoms with Crippen LogP contribution in [0.1, 0.15) is 38.4 Å². The summed E-state index contributed by atoms with van der Waals surface area (Å²) in [6.45, 7) is 2.67. The van der Waals surface area contributed by atoms with Crippen LogP contribution >= 0.6 is 0 Å². The minimum atomic E-state index is -0.628. The van der Waals surface area contributed by atoms with E-state index in [1.807, 2.05) is 18.2 Å². The summed E-state index contributed by atoms with van der Waals surface area (Å²) in [5, 5.41) is 11.9. The molecular formula is C18H22N4O. The highest BCUT2D eigenvalue weighted by Crippen LogP contribution is 2.35. The maximum atomic E-state index is 10.9. The lowest BCUT2D eigenvalue weighted by Crippen LogP contribution is -2.31. The molecule has 2 aromatic heterocycles. The van der Waals surface area contributed by atoms with Gasteiger partial charge in [-0.25, -0.2) is 9.97 Å². The third kappa shape index (κ3) is 2.27. The van der Waals surface area contributed by atoms with Crippen molar-refractivity contribution in [3.8, 4) is 0 Å². The second-order valence-electron chi connectivity index (χ2n) is 6.61. The number of imidazole rings is 1. The van der Waals surface area contributed by atoms with Crippen LogP contribution in [0.25, 0.3) is 21.9 Å². The Balaban J connectivity index is 2.00. The van der Waals surface area contributed by atoms with E-state index >= 15 is 0 Å². The van der Waals surface area contributed by atoms with Crippen LogP contribution in [-0.2, 0) is 13.0 Å². The molecule has 0 saturated heterocycles. The van der Waals surface area contributed by atoms with E-state index in [2.05, 4.69) is 22.5 Å². The highest BCUT2D eigenvalue weighted by Gasteiger charge is 2.33. The van der Waals surface area contributed by atoms with Gasteiger partial charge in [0, 0.05) is 11.8 Å². The number of nitrogen functional groups attached to an aromatic ring is 1. The van der Waals surface area contributed by atoms with Crippen molar-refractivity contribution < 1.29 is 5.11 Å². The van der Waals surface area contributed by atoms with Gasteiger partial charge in [0.15, 0.2) is 5.82 Å². The molecule has 4 rings (SSSR count). The largest absolute Gasteiger partial charge is 0.388 e. The van der Waals surface area contributed by atoms with Gasteiger partial charge in [0.1, 0.15) is 11.3 Å². The van der Waals surface area contributed by atoms with Crippen molar-refractivity contribution in [1.29, 1.82) is 0 Å². The molecule has 5 heteroatoms. The first-order chi connectivity index (χ1) is 11.1. The molecule has 0 amide bonds. The van der Waals surface area contributed by atoms with Crippen LogP contribution in [0, 0.1) is 0 Å². The van der Waals surface area contributed by atoms with Gasteiger partial charge in [-0.3, -0.25) is 0 Å². The first-order valence-corrected chi connectivity index (χ1v) is 8.37. The SMILES string of the molecule is CCc1nc2c(N)nc3ccccc3c2n1CC1(O)CCCC1. The van der Waals surface area contributed by atoms with E-state index < -0.39 is 5.60 Å². The van der Waals surface area contributed by atoms with Crippen molar-refractivity contribution in [1.82, 2.24) is 14.5 Å². The molecule has 5 nitrogen and oxygen atoms in total. The standard InChI is InChI=1S/C18H22N4O/c1-2-14-21-15-16(22(14)11-18(23)9-5-6-10-18)12-7-3-4-8-13(12)20-17(15)19/h3-4,7-8,23H,2,5-6,9-11H2,1H3,(H2,19,20). The molecular weight excluding hydrogens is 288 g/mol. The lowest BCUT2D eigenvalue weighted by Gasteiger charge is -2.24. The zero-order valence-electron chi connectivity index (χ0n) is 13.4. The fraction of sp³-hybridized carbons (Fsp3) is 0.444. The van der Waals surface area contributed by atoms with Crippen molar-refractivity contribution in [3.63, 3.8) is 0 Å². The van der Waals surface area contributed by atoms with Gasteiger partial charge >= 0.3 is 0 Å². The number of anilines is 1. The molecule has 0 aliphatic heterocycles. The molecule has 0 atom stereocenters. The van der Waals surface area contributed by atoms with E-state index in [-0.39, 0.29) is 0 Å². The minimum absolute atomic E-state index is 0.463. The molecule has 1 aliphatic carbocycles. The molecule has 3 N–H and O–H groups in total. The second kappa shape index (κ2) is 5.20. The van der Waals surface area contributed by atoms with Crippen molar-refractivity contribution in [2.75, 3.05) is 5.73 Å². The minimum Gasteiger partial charge on any atom is -0.388 e. The Morgan fingerprint density at radius 3 is 2.70 bits per heavy atom. The number of hydrogen-bond donors (Lipinski definition) is 2. The van der Waals surface area contributed by atoms with Crippen LogP contribution in [0.4, 0.5) is 5.82 Å². The van der Waals surface area contributed by atoms with E-state index in [1.165, 1.54) is 0 Å². The van der Waals surface area contributed by atoms with E-state index in [1.54, 1.807) is 0 Å². The van der Waals surface area contributed by atoms with Gasteiger partial charge in [-0.2, -0.15) is 0 Å². The van der Waals surface area contributed by atoms with Crippen molar-refractivity contribution in [3.05, 3.63) is 30.1 Å². The number of fused-ring (bicyclic) bond motifs is 3. The Hall–Kier alpha value is -2.14. The lowest BCUT2D eigenvalue weighted by atomic mass is 10.0. The number of aromatic nitrogens is 3. The monoisotopic (exact) mass is 310 g/mol. The van der Waals surface area contributed by atoms with Gasteiger partial charge in [0.25, 0.3) is 0 Å². The van der Waals surface area contributed by atoms with Gasteiger partial charge in [-0.05, 0) is 18.9 Å². The van der Waals surface area contributed by atoms with Crippen molar-refractivity contribution in [2.45, 2.75) is 51.2 Å². The summed E-state index contributed by atoms with van der Waals surface area (Å²) < 4.78 is 2.17. The average molecular weight is 310 g/mol. The van der Waals surface area contributed by atoms with Crippen molar-refractivity contribution in [2.24, 2.45) is 0 Å². The van der Waals surface area contributed by atoms with Crippen LogP contribution in [0.2, 0.25) is 0 Å². The first kappa shape index (κ1) is 14.5. The number of benzene rings is 1. The third-order valence-electron chi connectivity index (χ3n) is 4.99. The topological polar surface area (TPSA) is 77.0 Å². The first-order valence-electron chi connectivity index (χ1n) is 8.37. The van der Waals surface area contributed by atoms with Crippen LogP contribution in [0.15, 0.2) is 24.3 Å². The summed E-state index contributed by atoms with van der Waals surface area (Å²) in [6, 6.07) is 8.00. The molecule has 1 fully saturated rings. The predicted molar refractivity (Wildman–Crippen MR) is 92.2 cm³/mol. The molecule has 1 saturated carbocycles. The quantitative estimate of drug-likeness (QED) is 0.779. The van der Waals surface area contributed by atoms with E-state index in [4.69, 9.17) is 10.7 Å². The van der Waals surface area contributed by atoms with E-state index in [0.717, 1.165) is 59.9 Å². The van der Waals surface area contributed by atoms with E-state index in [0.29, 0.717) is 12.4 Å². The molecule has 0 bridgehead atoms. The van der Waals surface area contributed by atoms with Crippen LogP contribution in [-0.4, -0.2) is 25.2 Å². The normalized spacial score (nSPS) is 17.3. The average Bonchev–Trinajstić information content (AvgIpc) is 3.13. The third-order valence-corrected chi connectivity index (χ3v) is 4.99. The Bertz CT molecular complexity index is 877. The smallest absolute Gasteiger partial charge is 0.152 e. The summed E-state index contributed by atoms with van der Waals surface area (Å²) in [6.07, 6.45) is 4.70. The van der Waals surface area contributed by atoms with Gasteiger partial charge in [0.05, 0.1) is 23.2 Å². The number of hydrogen-bond acceptors (Lipinski definition) is 4. The maximum Gasteiger partial charge on any atom is 0.152 e. The van der Waals surface area contributed by atoms with Gasteiger partial charge in [-0.15, -0.1) is 0 Å². The fourth-order valence-electron chi connectivity index (χ4n) is 3.83. The molecule has 2 heterocycles. The summed E-state index contributed by atoms with van der Waals surface area (Å²) in [5.41, 5.74) is 8.15. The van der Waals surface area contributed by atoms with Crippen LogP contribution in [0.3, 0.4) is 0 Å². The molecule has 0 radical (unpaired) electrons. The number of aryl methyl sites for hydroxylation is 1. The zero-order chi connectivity index (χ0) is 16.0. The van der Waals surface area contributed by atoms with Crippen molar-refractivity contribution >= 4 is 27.8 Å². The van der Waals surface area contributed by atoms with Crippen LogP contribution < -0.4 is 5.73 Å². The Morgan fingerprint density at radius 2 is 1.96 bits per heavy atom. The molecule has 3 aromatic rings. The maximum absolute atomic E-state index is 10.9. The Morgan fingerprint density at radius 1 is 1.22 bits per heavy atom. The summed E-state index contributed by atoms with van der Waals surface area (Å²) in [7, 11) is 0. The lowest BCUT2D eigenvalue weighted by molar-refractivity contribution is 0.0303. The molecule has 1 aromatic carbocycles. The second-order valence-corrected chi connectivity index (χ2v) is 6.61. The van der Waals surface area contributed by atoms with Gasteiger partial charge in [-0.1, -0.05) is 38.0 Å². The molecule has 120 valence electrons. The number of nitrogens with zero attached hydrogens (tertiary/aromatic N) is 3. The predicted octanol–water partition coefficient (Wildman–Crippen LogP) is 3.03. The molecule has 0 spiro atoms. The number of para-hydroxylation sites is 1. The summed E-state index contributed by atoms with van der Waals surface area (Å²) in [5.74, 6) is 1.43. The Labute approximate surface area is 135 Å². The summed E-state index contributed by atoms with van der Waals surface area (Å²) in [4.78, 5) is 9.20. The van der Waals surface area contributed by atoms with E-state index in [9.17, 15) is 5.11 Å². The number of rotatable bonds is 3. The number of pyridine rings is 1. The molecule has 0 unspecified atom stereocenters. The van der Waals surface area contributed by atoms with Gasteiger partial charge < -0.3 is 15.4 Å². The Kier molecular flexibility index (Phi) is 3.27.